The third-order valence-electron chi connectivity index (χ3n) is 1.60. The van der Waals surface area contributed by atoms with Crippen molar-refractivity contribution < 1.29 is 4.79 Å². The Hall–Kier alpha value is -1.03. The van der Waals surface area contributed by atoms with E-state index in [0.29, 0.717) is 12.1 Å². The molecule has 0 bridgehead atoms. The molecule has 2 heterocycles. The van der Waals surface area contributed by atoms with Crippen LogP contribution in [0.2, 0.25) is 0 Å². The van der Waals surface area contributed by atoms with E-state index in [1.165, 1.54) is 11.8 Å². The first kappa shape index (κ1) is 6.67. The number of nitrogens with zero attached hydrogens (tertiary/aromatic N) is 1. The van der Waals surface area contributed by atoms with E-state index in [1.54, 1.807) is 12.4 Å². The highest BCUT2D eigenvalue weighted by Crippen LogP contribution is 2.34. The molecule has 0 saturated carbocycles. The number of nitrogen functional groups attached to an aromatic ring is 1. The number of thioether (sulfide) groups is 1. The van der Waals surface area contributed by atoms with Crippen molar-refractivity contribution in [3.05, 3.63) is 18.0 Å². The van der Waals surface area contributed by atoms with Crippen LogP contribution in [0, 0.1) is 0 Å². The number of carbonyl (C=O) groups is 1. The number of anilines is 1. The Morgan fingerprint density at radius 3 is 3.09 bits per heavy atom. The Labute approximate surface area is 68.0 Å². The minimum Gasteiger partial charge on any atom is -0.397 e. The SMILES string of the molecule is Nc1cncc2c1CC(=O)S2. The van der Waals surface area contributed by atoms with Gasteiger partial charge in [-0.2, -0.15) is 0 Å². The van der Waals surface area contributed by atoms with Gasteiger partial charge >= 0.3 is 0 Å². The number of hydrogen-bond donors (Lipinski definition) is 1. The molecule has 56 valence electrons. The quantitative estimate of drug-likeness (QED) is 0.620. The van der Waals surface area contributed by atoms with Gasteiger partial charge in [0.05, 0.1) is 11.9 Å². The fraction of sp³-hybridized carbons (Fsp3) is 0.143. The molecule has 0 amide bonds. The lowest BCUT2D eigenvalue weighted by molar-refractivity contribution is -0.110. The fourth-order valence-corrected chi connectivity index (χ4v) is 1.95. The summed E-state index contributed by atoms with van der Waals surface area (Å²) in [6.07, 6.45) is 3.72. The summed E-state index contributed by atoms with van der Waals surface area (Å²) in [4.78, 5) is 15.7. The molecule has 0 fully saturated rings. The van der Waals surface area contributed by atoms with Crippen molar-refractivity contribution in [1.29, 1.82) is 0 Å². The number of pyridine rings is 1. The van der Waals surface area contributed by atoms with Crippen LogP contribution >= 0.6 is 11.8 Å². The van der Waals surface area contributed by atoms with Gasteiger partial charge in [0, 0.05) is 23.1 Å². The number of hydrogen-bond acceptors (Lipinski definition) is 4. The Bertz CT molecular complexity index is 324. The van der Waals surface area contributed by atoms with Crippen LogP contribution in [0.15, 0.2) is 17.3 Å². The molecule has 0 aromatic carbocycles. The first-order valence-corrected chi connectivity index (χ1v) is 4.02. The molecule has 4 heteroatoms. The van der Waals surface area contributed by atoms with Crippen LogP contribution in [0.4, 0.5) is 5.69 Å². The first-order valence-electron chi connectivity index (χ1n) is 3.20. The highest BCUT2D eigenvalue weighted by atomic mass is 32.2. The Kier molecular flexibility index (Phi) is 1.35. The zero-order chi connectivity index (χ0) is 7.84. The molecule has 2 rings (SSSR count). The summed E-state index contributed by atoms with van der Waals surface area (Å²) < 4.78 is 0. The van der Waals surface area contributed by atoms with Crippen LogP contribution < -0.4 is 5.73 Å². The molecule has 1 aromatic heterocycles. The van der Waals surface area contributed by atoms with Crippen molar-refractivity contribution >= 4 is 22.6 Å². The van der Waals surface area contributed by atoms with Crippen molar-refractivity contribution in [2.75, 3.05) is 5.73 Å². The summed E-state index contributed by atoms with van der Waals surface area (Å²) in [5.41, 5.74) is 7.17. The summed E-state index contributed by atoms with van der Waals surface area (Å²) >= 11 is 1.22. The van der Waals surface area contributed by atoms with Crippen LogP contribution in [0.3, 0.4) is 0 Å². The van der Waals surface area contributed by atoms with Gasteiger partial charge in [0.2, 0.25) is 0 Å². The van der Waals surface area contributed by atoms with Gasteiger partial charge in [-0.3, -0.25) is 9.78 Å². The van der Waals surface area contributed by atoms with Crippen molar-refractivity contribution in [3.8, 4) is 0 Å². The van der Waals surface area contributed by atoms with Gasteiger partial charge in [0.1, 0.15) is 0 Å². The molecule has 2 N–H and O–H groups in total. The van der Waals surface area contributed by atoms with Gasteiger partial charge in [0.15, 0.2) is 5.12 Å². The molecule has 3 nitrogen and oxygen atoms in total. The Morgan fingerprint density at radius 2 is 2.36 bits per heavy atom. The van der Waals surface area contributed by atoms with E-state index in [0.717, 1.165) is 10.5 Å². The lowest BCUT2D eigenvalue weighted by Gasteiger charge is -1.97. The van der Waals surface area contributed by atoms with E-state index in [2.05, 4.69) is 4.98 Å². The molecule has 0 aliphatic carbocycles. The second-order valence-electron chi connectivity index (χ2n) is 2.36. The van der Waals surface area contributed by atoms with E-state index in [-0.39, 0.29) is 5.12 Å². The number of nitrogens with two attached hydrogens (primary N) is 1. The lowest BCUT2D eigenvalue weighted by Crippen LogP contribution is -1.95. The molecule has 0 spiro atoms. The standard InChI is InChI=1S/C7H6N2OS/c8-5-2-9-3-6-4(5)1-7(10)11-6/h2-3H,1,8H2. The third-order valence-corrected chi connectivity index (χ3v) is 2.54. The average Bonchev–Trinajstić information content (AvgIpc) is 2.31. The number of rotatable bonds is 0. The van der Waals surface area contributed by atoms with Crippen molar-refractivity contribution in [2.24, 2.45) is 0 Å². The van der Waals surface area contributed by atoms with Crippen molar-refractivity contribution in [3.63, 3.8) is 0 Å². The predicted molar refractivity (Wildman–Crippen MR) is 43.2 cm³/mol. The first-order chi connectivity index (χ1) is 5.27. The van der Waals surface area contributed by atoms with Gasteiger partial charge in [0.25, 0.3) is 0 Å². The zero-order valence-corrected chi connectivity index (χ0v) is 6.52. The normalized spacial score (nSPS) is 15.1. The summed E-state index contributed by atoms with van der Waals surface area (Å²) in [5.74, 6) is 0. The van der Waals surface area contributed by atoms with Crippen LogP contribution in [-0.2, 0) is 11.2 Å². The molecular weight excluding hydrogens is 160 g/mol. The molecule has 1 aliphatic rings. The minimum absolute atomic E-state index is 0.153. The molecule has 0 atom stereocenters. The van der Waals surface area contributed by atoms with Crippen LogP contribution in [0.5, 0.6) is 0 Å². The molecule has 11 heavy (non-hydrogen) atoms. The van der Waals surface area contributed by atoms with Gasteiger partial charge in [-0.1, -0.05) is 0 Å². The van der Waals surface area contributed by atoms with Crippen molar-refractivity contribution in [1.82, 2.24) is 4.98 Å². The van der Waals surface area contributed by atoms with E-state index < -0.39 is 0 Å². The highest BCUT2D eigenvalue weighted by molar-refractivity contribution is 8.14. The second kappa shape index (κ2) is 2.23. The number of aromatic nitrogens is 1. The van der Waals surface area contributed by atoms with Gasteiger partial charge < -0.3 is 5.73 Å². The van der Waals surface area contributed by atoms with Crippen molar-refractivity contribution in [2.45, 2.75) is 11.3 Å². The van der Waals surface area contributed by atoms with Crippen LogP contribution in [0.1, 0.15) is 5.56 Å². The molecule has 1 aromatic rings. The van der Waals surface area contributed by atoms with E-state index >= 15 is 0 Å². The lowest BCUT2D eigenvalue weighted by atomic mass is 10.2. The maximum absolute atomic E-state index is 10.9. The summed E-state index contributed by atoms with van der Waals surface area (Å²) in [6, 6.07) is 0. The monoisotopic (exact) mass is 166 g/mol. The average molecular weight is 166 g/mol. The fourth-order valence-electron chi connectivity index (χ4n) is 1.06. The van der Waals surface area contributed by atoms with E-state index in [4.69, 9.17) is 5.73 Å². The Balaban J connectivity index is 2.57. The third kappa shape index (κ3) is 0.991. The van der Waals surface area contributed by atoms with Gasteiger partial charge in [-0.15, -0.1) is 0 Å². The second-order valence-corrected chi connectivity index (χ2v) is 3.46. The van der Waals surface area contributed by atoms with E-state index in [1.807, 2.05) is 0 Å². The molecule has 0 unspecified atom stereocenters. The largest absolute Gasteiger partial charge is 0.397 e. The number of carbonyl (C=O) groups excluding carboxylic acids is 1. The smallest absolute Gasteiger partial charge is 0.198 e. The number of fused-ring (bicyclic) bond motifs is 1. The molecule has 0 saturated heterocycles. The van der Waals surface area contributed by atoms with E-state index in [9.17, 15) is 4.79 Å². The summed E-state index contributed by atoms with van der Waals surface area (Å²) in [6.45, 7) is 0. The zero-order valence-electron chi connectivity index (χ0n) is 5.70. The van der Waals surface area contributed by atoms with Crippen LogP contribution in [-0.4, -0.2) is 10.1 Å². The molecule has 1 aliphatic heterocycles. The highest BCUT2D eigenvalue weighted by Gasteiger charge is 2.21. The molecular formula is C7H6N2OS. The van der Waals surface area contributed by atoms with Crippen LogP contribution in [0.25, 0.3) is 0 Å². The van der Waals surface area contributed by atoms with Gasteiger partial charge in [-0.25, -0.2) is 0 Å². The Morgan fingerprint density at radius 1 is 1.55 bits per heavy atom. The minimum atomic E-state index is 0.153. The van der Waals surface area contributed by atoms with Gasteiger partial charge in [-0.05, 0) is 11.8 Å². The summed E-state index contributed by atoms with van der Waals surface area (Å²) in [5, 5.41) is 0.153. The maximum atomic E-state index is 10.9. The maximum Gasteiger partial charge on any atom is 0.198 e. The summed E-state index contributed by atoms with van der Waals surface area (Å²) in [7, 11) is 0. The topological polar surface area (TPSA) is 56.0 Å². The predicted octanol–water partition coefficient (Wildman–Crippen LogP) is 0.839. The molecule has 0 radical (unpaired) electrons.